The Kier molecular flexibility index (Phi) is 4.20. The lowest BCUT2D eigenvalue weighted by molar-refractivity contribution is 0.180. The van der Waals surface area contributed by atoms with Crippen molar-refractivity contribution in [1.29, 1.82) is 0 Å². The third-order valence-corrected chi connectivity index (χ3v) is 5.06. The quantitative estimate of drug-likeness (QED) is 0.888. The molecule has 0 amide bonds. The van der Waals surface area contributed by atoms with E-state index in [1.165, 1.54) is 0 Å². The van der Waals surface area contributed by atoms with E-state index < -0.39 is 0 Å². The van der Waals surface area contributed by atoms with Crippen molar-refractivity contribution in [2.75, 3.05) is 13.2 Å². The summed E-state index contributed by atoms with van der Waals surface area (Å²) in [7, 11) is 1.93. The van der Waals surface area contributed by atoms with Crippen LogP contribution in [0.4, 0.5) is 0 Å². The molecule has 2 aromatic heterocycles. The van der Waals surface area contributed by atoms with E-state index in [-0.39, 0.29) is 17.6 Å². The number of hydrogen-bond acceptors (Lipinski definition) is 5. The van der Waals surface area contributed by atoms with E-state index >= 15 is 0 Å². The molecule has 1 fully saturated rings. The van der Waals surface area contributed by atoms with Crippen molar-refractivity contribution in [1.82, 2.24) is 24.9 Å². The summed E-state index contributed by atoms with van der Waals surface area (Å²) >= 11 is 0. The van der Waals surface area contributed by atoms with Gasteiger partial charge < -0.3 is 10.1 Å². The van der Waals surface area contributed by atoms with E-state index in [1.54, 1.807) is 16.9 Å². The molecule has 1 N–H and O–H groups in total. The summed E-state index contributed by atoms with van der Waals surface area (Å²) in [6, 6.07) is 3.78. The number of nitrogens with one attached hydrogen (secondary N) is 1. The number of ether oxygens (including phenoxy) is 1. The molecule has 0 spiro atoms. The number of aromatic nitrogens is 4. The lowest BCUT2D eigenvalue weighted by Crippen LogP contribution is -2.42. The van der Waals surface area contributed by atoms with Crippen molar-refractivity contribution in [3.63, 3.8) is 0 Å². The van der Waals surface area contributed by atoms with Gasteiger partial charge in [-0.3, -0.25) is 9.48 Å². The van der Waals surface area contributed by atoms with Crippen molar-refractivity contribution in [3.05, 3.63) is 45.6 Å². The average Bonchev–Trinajstić information content (AvgIpc) is 3.21. The van der Waals surface area contributed by atoms with Gasteiger partial charge in [0, 0.05) is 25.9 Å². The highest BCUT2D eigenvalue weighted by molar-refractivity contribution is 5.20. The maximum Gasteiger partial charge on any atom is 0.267 e. The Morgan fingerprint density at radius 2 is 2.21 bits per heavy atom. The lowest BCUT2D eigenvalue weighted by atomic mass is 9.97. The predicted octanol–water partition coefficient (Wildman–Crippen LogP) is 0.585. The Morgan fingerprint density at radius 1 is 1.33 bits per heavy atom. The van der Waals surface area contributed by atoms with Gasteiger partial charge in [-0.1, -0.05) is 0 Å². The number of hydrogen-bond donors (Lipinski definition) is 1. The van der Waals surface area contributed by atoms with Crippen LogP contribution in [0.1, 0.15) is 35.8 Å². The summed E-state index contributed by atoms with van der Waals surface area (Å²) < 4.78 is 9.12. The molecule has 3 heterocycles. The van der Waals surface area contributed by atoms with Crippen molar-refractivity contribution in [3.8, 4) is 0 Å². The van der Waals surface area contributed by atoms with Crippen LogP contribution in [-0.2, 0) is 31.2 Å². The molecule has 2 unspecified atom stereocenters. The van der Waals surface area contributed by atoms with Crippen LogP contribution >= 0.6 is 0 Å². The van der Waals surface area contributed by atoms with Crippen LogP contribution in [0, 0.1) is 0 Å². The molecule has 4 rings (SSSR count). The first-order chi connectivity index (χ1) is 11.7. The molecule has 2 aliphatic rings. The van der Waals surface area contributed by atoms with Crippen LogP contribution in [-0.4, -0.2) is 38.8 Å². The van der Waals surface area contributed by atoms with E-state index in [1.807, 2.05) is 17.8 Å². The van der Waals surface area contributed by atoms with Crippen molar-refractivity contribution >= 4 is 0 Å². The standard InChI is InChI=1S/C17H23N5O2/c1-21-13(6-7-19-21)9-18-15-10-24-11-16(15)22-17(23)8-12-4-2-3-5-14(12)20-22/h6-8,15-16,18H,2-5,9-11H2,1H3. The van der Waals surface area contributed by atoms with Gasteiger partial charge in [0.2, 0.25) is 0 Å². The molecule has 7 heteroatoms. The monoisotopic (exact) mass is 329 g/mol. The Bertz CT molecular complexity index is 782. The molecule has 24 heavy (non-hydrogen) atoms. The van der Waals surface area contributed by atoms with Crippen molar-refractivity contribution < 1.29 is 4.74 Å². The van der Waals surface area contributed by atoms with Crippen LogP contribution in [0.3, 0.4) is 0 Å². The zero-order valence-electron chi connectivity index (χ0n) is 13.9. The molecule has 1 aliphatic heterocycles. The summed E-state index contributed by atoms with van der Waals surface area (Å²) in [5.74, 6) is 0. The topological polar surface area (TPSA) is 74.0 Å². The number of rotatable bonds is 4. The fraction of sp³-hybridized carbons (Fsp3) is 0.588. The van der Waals surface area contributed by atoms with Gasteiger partial charge in [-0.05, 0) is 37.3 Å². The van der Waals surface area contributed by atoms with E-state index in [2.05, 4.69) is 15.5 Å². The highest BCUT2D eigenvalue weighted by atomic mass is 16.5. The molecule has 0 bridgehead atoms. The molecule has 2 atom stereocenters. The molecule has 7 nitrogen and oxygen atoms in total. The number of fused-ring (bicyclic) bond motifs is 1. The zero-order valence-corrected chi connectivity index (χ0v) is 13.9. The molecule has 128 valence electrons. The van der Waals surface area contributed by atoms with Crippen LogP contribution in [0.15, 0.2) is 23.1 Å². The minimum absolute atomic E-state index is 0.0153. The van der Waals surface area contributed by atoms with Gasteiger partial charge >= 0.3 is 0 Å². The number of nitrogens with zero attached hydrogens (tertiary/aromatic N) is 4. The summed E-state index contributed by atoms with van der Waals surface area (Å²) in [5.41, 5.74) is 3.30. The van der Waals surface area contributed by atoms with Gasteiger partial charge in [-0.15, -0.1) is 0 Å². The first-order valence-corrected chi connectivity index (χ1v) is 8.62. The minimum atomic E-state index is -0.0574. The Balaban J connectivity index is 1.54. The fourth-order valence-electron chi connectivity index (χ4n) is 3.60. The summed E-state index contributed by atoms with van der Waals surface area (Å²) in [5, 5.41) is 12.3. The molecule has 0 saturated carbocycles. The van der Waals surface area contributed by atoms with E-state index in [9.17, 15) is 4.79 Å². The second-order valence-corrected chi connectivity index (χ2v) is 6.64. The molecule has 1 aliphatic carbocycles. The molecule has 1 saturated heterocycles. The van der Waals surface area contributed by atoms with E-state index in [0.29, 0.717) is 19.8 Å². The Labute approximate surface area is 140 Å². The summed E-state index contributed by atoms with van der Waals surface area (Å²) in [6.45, 7) is 1.81. The lowest BCUT2D eigenvalue weighted by Gasteiger charge is -2.23. The van der Waals surface area contributed by atoms with Gasteiger partial charge in [0.25, 0.3) is 5.56 Å². The van der Waals surface area contributed by atoms with Crippen LogP contribution in [0.25, 0.3) is 0 Å². The van der Waals surface area contributed by atoms with Gasteiger partial charge in [0.1, 0.15) is 0 Å². The molecule has 0 aromatic carbocycles. The molecule has 0 radical (unpaired) electrons. The zero-order chi connectivity index (χ0) is 16.5. The van der Waals surface area contributed by atoms with Crippen LogP contribution in [0.2, 0.25) is 0 Å². The van der Waals surface area contributed by atoms with E-state index in [0.717, 1.165) is 42.6 Å². The summed E-state index contributed by atoms with van der Waals surface area (Å²) in [4.78, 5) is 12.5. The fourth-order valence-corrected chi connectivity index (χ4v) is 3.60. The second-order valence-electron chi connectivity index (χ2n) is 6.64. The van der Waals surface area contributed by atoms with Gasteiger partial charge in [0.05, 0.1) is 36.7 Å². The normalized spacial score (nSPS) is 23.4. The SMILES string of the molecule is Cn1nccc1CNC1COCC1n1nc2c(cc1=O)CCCC2. The average molecular weight is 329 g/mol. The highest BCUT2D eigenvalue weighted by Gasteiger charge is 2.31. The second kappa shape index (κ2) is 6.49. The summed E-state index contributed by atoms with van der Waals surface area (Å²) in [6.07, 6.45) is 6.04. The Morgan fingerprint density at radius 3 is 3.04 bits per heavy atom. The highest BCUT2D eigenvalue weighted by Crippen LogP contribution is 2.21. The number of aryl methyl sites for hydroxylation is 3. The van der Waals surface area contributed by atoms with Crippen LogP contribution < -0.4 is 10.9 Å². The Hall–Kier alpha value is -1.99. The van der Waals surface area contributed by atoms with Crippen molar-refractivity contribution in [2.24, 2.45) is 7.05 Å². The first-order valence-electron chi connectivity index (χ1n) is 8.62. The predicted molar refractivity (Wildman–Crippen MR) is 88.8 cm³/mol. The maximum absolute atomic E-state index is 12.5. The molecular weight excluding hydrogens is 306 g/mol. The smallest absolute Gasteiger partial charge is 0.267 e. The minimum Gasteiger partial charge on any atom is -0.377 e. The molecule has 2 aromatic rings. The van der Waals surface area contributed by atoms with Gasteiger partial charge in [-0.2, -0.15) is 10.2 Å². The first kappa shape index (κ1) is 15.5. The third kappa shape index (κ3) is 2.89. The molecular formula is C17H23N5O2. The van der Waals surface area contributed by atoms with E-state index in [4.69, 9.17) is 4.74 Å². The van der Waals surface area contributed by atoms with Crippen molar-refractivity contribution in [2.45, 2.75) is 44.3 Å². The largest absolute Gasteiger partial charge is 0.377 e. The maximum atomic E-state index is 12.5. The van der Waals surface area contributed by atoms with Crippen LogP contribution in [0.5, 0.6) is 0 Å². The third-order valence-electron chi connectivity index (χ3n) is 5.06. The van der Waals surface area contributed by atoms with Gasteiger partial charge in [-0.25, -0.2) is 4.68 Å². The van der Waals surface area contributed by atoms with Gasteiger partial charge in [0.15, 0.2) is 0 Å².